The van der Waals surface area contributed by atoms with Gasteiger partial charge in [-0.05, 0) is 25.6 Å². The summed E-state index contributed by atoms with van der Waals surface area (Å²) in [4.78, 5) is 30.8. The number of carbonyl (C=O) groups is 2. The highest BCUT2D eigenvalue weighted by Gasteiger charge is 2.35. The molecule has 2 amide bonds. The number of amides is 2. The summed E-state index contributed by atoms with van der Waals surface area (Å²) < 4.78 is 0. The van der Waals surface area contributed by atoms with Crippen molar-refractivity contribution < 1.29 is 9.59 Å². The van der Waals surface area contributed by atoms with Gasteiger partial charge in [-0.2, -0.15) is 0 Å². The van der Waals surface area contributed by atoms with Crippen LogP contribution in [-0.4, -0.2) is 65.8 Å². The molecule has 2 aliphatic rings. The first-order valence-electron chi connectivity index (χ1n) is 7.44. The lowest BCUT2D eigenvalue weighted by atomic mass is 10.1. The number of hydrogen-bond donors (Lipinski definition) is 0. The molecular formula is C16H21N3O2. The van der Waals surface area contributed by atoms with Gasteiger partial charge >= 0.3 is 0 Å². The minimum atomic E-state index is -0.395. The van der Waals surface area contributed by atoms with Gasteiger partial charge in [0.15, 0.2) is 0 Å². The Bertz CT molecular complexity index is 564. The molecule has 2 heterocycles. The molecule has 5 nitrogen and oxygen atoms in total. The fraction of sp³-hybridized carbons (Fsp3) is 0.500. The van der Waals surface area contributed by atoms with Gasteiger partial charge in [0.05, 0.1) is 0 Å². The van der Waals surface area contributed by atoms with Crippen molar-refractivity contribution in [2.24, 2.45) is 0 Å². The molecule has 0 N–H and O–H groups in total. The Balaban J connectivity index is 1.70. The Morgan fingerprint density at radius 3 is 2.48 bits per heavy atom. The SMILES string of the molecule is CC(C(=O)N1CCN(C)CC1)N1Cc2ccccc2C1=O. The summed E-state index contributed by atoms with van der Waals surface area (Å²) in [6.45, 7) is 5.66. The molecule has 1 fully saturated rings. The largest absolute Gasteiger partial charge is 0.338 e. The average Bonchev–Trinajstić information content (AvgIpc) is 2.84. The van der Waals surface area contributed by atoms with E-state index in [1.165, 1.54) is 0 Å². The van der Waals surface area contributed by atoms with Crippen molar-refractivity contribution in [1.82, 2.24) is 14.7 Å². The first-order valence-corrected chi connectivity index (χ1v) is 7.44. The van der Waals surface area contributed by atoms with Crippen molar-refractivity contribution in [3.8, 4) is 0 Å². The third kappa shape index (κ3) is 2.53. The second-order valence-electron chi connectivity index (χ2n) is 5.89. The fourth-order valence-electron chi connectivity index (χ4n) is 3.01. The number of likely N-dealkylation sites (N-methyl/N-ethyl adjacent to an activating group) is 1. The molecule has 21 heavy (non-hydrogen) atoms. The summed E-state index contributed by atoms with van der Waals surface area (Å²) in [5, 5.41) is 0. The van der Waals surface area contributed by atoms with Crippen LogP contribution in [0.25, 0.3) is 0 Å². The number of hydrogen-bond acceptors (Lipinski definition) is 3. The van der Waals surface area contributed by atoms with Crippen LogP contribution in [0.3, 0.4) is 0 Å². The van der Waals surface area contributed by atoms with Gasteiger partial charge in [-0.15, -0.1) is 0 Å². The van der Waals surface area contributed by atoms with Crippen LogP contribution in [-0.2, 0) is 11.3 Å². The van der Waals surface area contributed by atoms with Crippen LogP contribution in [0.2, 0.25) is 0 Å². The normalized spacial score (nSPS) is 20.6. The van der Waals surface area contributed by atoms with Crippen molar-refractivity contribution in [2.45, 2.75) is 19.5 Å². The van der Waals surface area contributed by atoms with E-state index >= 15 is 0 Å². The van der Waals surface area contributed by atoms with Crippen LogP contribution in [0.4, 0.5) is 0 Å². The van der Waals surface area contributed by atoms with E-state index in [1.807, 2.05) is 36.1 Å². The van der Waals surface area contributed by atoms with Crippen LogP contribution >= 0.6 is 0 Å². The van der Waals surface area contributed by atoms with E-state index < -0.39 is 6.04 Å². The number of nitrogens with zero attached hydrogens (tertiary/aromatic N) is 3. The molecule has 3 rings (SSSR count). The molecule has 1 aromatic carbocycles. The maximum absolute atomic E-state index is 12.6. The Hall–Kier alpha value is -1.88. The number of rotatable bonds is 2. The Kier molecular flexibility index (Phi) is 3.68. The number of benzene rings is 1. The van der Waals surface area contributed by atoms with E-state index in [0.29, 0.717) is 6.54 Å². The van der Waals surface area contributed by atoms with E-state index in [0.717, 1.165) is 37.3 Å². The first kappa shape index (κ1) is 14.1. The summed E-state index contributed by atoms with van der Waals surface area (Å²) >= 11 is 0. The second-order valence-corrected chi connectivity index (χ2v) is 5.89. The predicted octanol–water partition coefficient (Wildman–Crippen LogP) is 0.805. The molecule has 1 saturated heterocycles. The summed E-state index contributed by atoms with van der Waals surface area (Å²) in [6, 6.07) is 7.20. The smallest absolute Gasteiger partial charge is 0.255 e. The van der Waals surface area contributed by atoms with E-state index in [2.05, 4.69) is 11.9 Å². The van der Waals surface area contributed by atoms with Crippen LogP contribution in [0, 0.1) is 0 Å². The molecule has 0 spiro atoms. The molecule has 112 valence electrons. The summed E-state index contributed by atoms with van der Waals surface area (Å²) in [5.74, 6) is 0.0323. The maximum Gasteiger partial charge on any atom is 0.255 e. The average molecular weight is 287 g/mol. The van der Waals surface area contributed by atoms with Crippen molar-refractivity contribution >= 4 is 11.8 Å². The number of piperazine rings is 1. The van der Waals surface area contributed by atoms with Crippen molar-refractivity contribution in [3.63, 3.8) is 0 Å². The molecule has 1 atom stereocenters. The Morgan fingerprint density at radius 1 is 1.14 bits per heavy atom. The topological polar surface area (TPSA) is 43.9 Å². The number of fused-ring (bicyclic) bond motifs is 1. The quantitative estimate of drug-likeness (QED) is 0.808. The van der Waals surface area contributed by atoms with Gasteiger partial charge < -0.3 is 14.7 Å². The van der Waals surface area contributed by atoms with Crippen molar-refractivity contribution in [3.05, 3.63) is 35.4 Å². The van der Waals surface area contributed by atoms with E-state index in [-0.39, 0.29) is 11.8 Å². The second kappa shape index (κ2) is 5.48. The van der Waals surface area contributed by atoms with Crippen LogP contribution < -0.4 is 0 Å². The van der Waals surface area contributed by atoms with Gasteiger partial charge in [-0.1, -0.05) is 18.2 Å². The zero-order valence-corrected chi connectivity index (χ0v) is 12.6. The molecule has 1 aromatic rings. The highest BCUT2D eigenvalue weighted by atomic mass is 16.2. The van der Waals surface area contributed by atoms with Crippen LogP contribution in [0.1, 0.15) is 22.8 Å². The Morgan fingerprint density at radius 2 is 1.81 bits per heavy atom. The molecule has 1 unspecified atom stereocenters. The van der Waals surface area contributed by atoms with Crippen molar-refractivity contribution in [1.29, 1.82) is 0 Å². The molecule has 0 saturated carbocycles. The van der Waals surface area contributed by atoms with Gasteiger partial charge in [0.25, 0.3) is 5.91 Å². The lowest BCUT2D eigenvalue weighted by molar-refractivity contribution is -0.137. The molecule has 0 bridgehead atoms. The van der Waals surface area contributed by atoms with Crippen molar-refractivity contribution in [2.75, 3.05) is 33.2 Å². The van der Waals surface area contributed by atoms with Gasteiger partial charge in [0.1, 0.15) is 6.04 Å². The van der Waals surface area contributed by atoms with Crippen LogP contribution in [0.15, 0.2) is 24.3 Å². The highest BCUT2D eigenvalue weighted by Crippen LogP contribution is 2.25. The van der Waals surface area contributed by atoms with E-state index in [9.17, 15) is 9.59 Å². The lowest BCUT2D eigenvalue weighted by Gasteiger charge is -2.35. The minimum Gasteiger partial charge on any atom is -0.338 e. The first-order chi connectivity index (χ1) is 10.1. The van der Waals surface area contributed by atoms with Gasteiger partial charge in [-0.3, -0.25) is 9.59 Å². The molecule has 0 aliphatic carbocycles. The maximum atomic E-state index is 12.6. The summed E-state index contributed by atoms with van der Waals surface area (Å²) in [6.07, 6.45) is 0. The van der Waals surface area contributed by atoms with Gasteiger partial charge in [-0.25, -0.2) is 0 Å². The third-order valence-electron chi connectivity index (χ3n) is 4.49. The predicted molar refractivity (Wildman–Crippen MR) is 79.9 cm³/mol. The molecular weight excluding hydrogens is 266 g/mol. The van der Waals surface area contributed by atoms with Gasteiger partial charge in [0.2, 0.25) is 5.91 Å². The summed E-state index contributed by atoms with van der Waals surface area (Å²) in [7, 11) is 2.06. The number of carbonyl (C=O) groups excluding carboxylic acids is 2. The molecule has 0 aromatic heterocycles. The van der Waals surface area contributed by atoms with Crippen LogP contribution in [0.5, 0.6) is 0 Å². The Labute approximate surface area is 125 Å². The zero-order valence-electron chi connectivity index (χ0n) is 12.6. The third-order valence-corrected chi connectivity index (χ3v) is 4.49. The monoisotopic (exact) mass is 287 g/mol. The minimum absolute atomic E-state index is 0.0272. The zero-order chi connectivity index (χ0) is 15.0. The lowest BCUT2D eigenvalue weighted by Crippen LogP contribution is -2.53. The standard InChI is InChI=1S/C16H21N3O2/c1-12(15(20)18-9-7-17(2)8-10-18)19-11-13-5-3-4-6-14(13)16(19)21/h3-6,12H,7-11H2,1-2H3. The van der Waals surface area contributed by atoms with Gasteiger partial charge in [0, 0.05) is 38.3 Å². The van der Waals surface area contributed by atoms with E-state index in [4.69, 9.17) is 0 Å². The molecule has 0 radical (unpaired) electrons. The fourth-order valence-corrected chi connectivity index (χ4v) is 3.01. The van der Waals surface area contributed by atoms with E-state index in [1.54, 1.807) is 4.90 Å². The molecule has 2 aliphatic heterocycles. The molecule has 5 heteroatoms. The summed E-state index contributed by atoms with van der Waals surface area (Å²) in [5.41, 5.74) is 1.75. The highest BCUT2D eigenvalue weighted by molar-refractivity contribution is 6.01.